The number of unbranched alkanes of at least 4 members (excludes halogenated alkanes) is 1. The molecule has 0 N–H and O–H groups in total. The maximum atomic E-state index is 13.5. The van der Waals surface area contributed by atoms with Crippen molar-refractivity contribution < 1.29 is 19.2 Å². The van der Waals surface area contributed by atoms with E-state index in [2.05, 4.69) is 0 Å². The Labute approximate surface area is 185 Å². The summed E-state index contributed by atoms with van der Waals surface area (Å²) >= 11 is 1.66. The standard InChI is InChI=1S/C23H23N3O4S/c1-2-3-13-24-21(28)22(29)25(23(24)30)14-20(27)26-17-11-7-8-12-19(17)31-15-18(26)16-9-5-4-6-10-16/h4-12,18H,2-3,13-15H2,1H3. The molecule has 5 amide bonds. The fourth-order valence-corrected chi connectivity index (χ4v) is 5.00. The molecule has 0 aromatic heterocycles. The molecular weight excluding hydrogens is 414 g/mol. The van der Waals surface area contributed by atoms with E-state index in [9.17, 15) is 19.2 Å². The van der Waals surface area contributed by atoms with Crippen LogP contribution in [0.5, 0.6) is 0 Å². The molecule has 1 saturated heterocycles. The second-order valence-corrected chi connectivity index (χ2v) is 8.52. The number of urea groups is 1. The van der Waals surface area contributed by atoms with Gasteiger partial charge >= 0.3 is 17.8 Å². The second kappa shape index (κ2) is 8.93. The largest absolute Gasteiger partial charge is 0.334 e. The fourth-order valence-electron chi connectivity index (χ4n) is 3.83. The Kier molecular flexibility index (Phi) is 6.08. The van der Waals surface area contributed by atoms with Crippen LogP contribution >= 0.6 is 11.8 Å². The molecule has 2 aliphatic rings. The highest BCUT2D eigenvalue weighted by Gasteiger charge is 2.46. The lowest BCUT2D eigenvalue weighted by atomic mass is 10.1. The summed E-state index contributed by atoms with van der Waals surface area (Å²) in [6.45, 7) is 1.65. The molecule has 0 aliphatic carbocycles. The van der Waals surface area contributed by atoms with Crippen LogP contribution in [0.4, 0.5) is 10.5 Å². The van der Waals surface area contributed by atoms with Gasteiger partial charge in [-0.15, -0.1) is 11.8 Å². The quantitative estimate of drug-likeness (QED) is 0.511. The van der Waals surface area contributed by atoms with E-state index in [0.717, 1.165) is 32.4 Å². The highest BCUT2D eigenvalue weighted by molar-refractivity contribution is 7.99. The van der Waals surface area contributed by atoms with E-state index in [1.54, 1.807) is 16.7 Å². The zero-order valence-corrected chi connectivity index (χ0v) is 18.0. The van der Waals surface area contributed by atoms with Gasteiger partial charge < -0.3 is 4.90 Å². The van der Waals surface area contributed by atoms with E-state index >= 15 is 0 Å². The van der Waals surface area contributed by atoms with E-state index in [4.69, 9.17) is 0 Å². The molecule has 1 fully saturated rings. The predicted octanol–water partition coefficient (Wildman–Crippen LogP) is 3.46. The number of rotatable bonds is 6. The summed E-state index contributed by atoms with van der Waals surface area (Å²) in [5.41, 5.74) is 1.71. The summed E-state index contributed by atoms with van der Waals surface area (Å²) in [6, 6.07) is 16.3. The molecule has 0 spiro atoms. The minimum Gasteiger partial charge on any atom is -0.301 e. The number of nitrogens with zero attached hydrogens (tertiary/aromatic N) is 3. The van der Waals surface area contributed by atoms with Crippen LogP contribution in [0.3, 0.4) is 0 Å². The summed E-state index contributed by atoms with van der Waals surface area (Å²) in [7, 11) is 0. The van der Waals surface area contributed by atoms with Crippen LogP contribution in [0.2, 0.25) is 0 Å². The molecule has 2 aromatic rings. The Hall–Kier alpha value is -3.13. The summed E-state index contributed by atoms with van der Waals surface area (Å²) in [4.78, 5) is 55.2. The lowest BCUT2D eigenvalue weighted by molar-refractivity contribution is -0.143. The molecule has 7 nitrogen and oxygen atoms in total. The number of thioether (sulfide) groups is 1. The lowest BCUT2D eigenvalue weighted by Gasteiger charge is -2.37. The third-order valence-corrected chi connectivity index (χ3v) is 6.59. The van der Waals surface area contributed by atoms with Crippen LogP contribution in [-0.4, -0.2) is 52.4 Å². The number of hydrogen-bond donors (Lipinski definition) is 0. The molecule has 0 radical (unpaired) electrons. The minimum atomic E-state index is -0.939. The first-order valence-corrected chi connectivity index (χ1v) is 11.3. The molecule has 160 valence electrons. The summed E-state index contributed by atoms with van der Waals surface area (Å²) in [5.74, 6) is -1.55. The van der Waals surface area contributed by atoms with Crippen molar-refractivity contribution in [2.45, 2.75) is 30.7 Å². The van der Waals surface area contributed by atoms with Gasteiger partial charge in [-0.25, -0.2) is 9.69 Å². The van der Waals surface area contributed by atoms with Crippen molar-refractivity contribution >= 4 is 41.2 Å². The second-order valence-electron chi connectivity index (χ2n) is 7.45. The normalized spacial score (nSPS) is 18.5. The smallest absolute Gasteiger partial charge is 0.301 e. The monoisotopic (exact) mass is 437 g/mol. The fraction of sp³-hybridized carbons (Fsp3) is 0.304. The van der Waals surface area contributed by atoms with E-state index in [0.29, 0.717) is 12.2 Å². The van der Waals surface area contributed by atoms with E-state index in [-0.39, 0.29) is 12.6 Å². The van der Waals surface area contributed by atoms with Gasteiger partial charge in [-0.3, -0.25) is 19.3 Å². The molecule has 2 aliphatic heterocycles. The topological polar surface area (TPSA) is 78.0 Å². The molecule has 0 bridgehead atoms. The Balaban J connectivity index is 1.63. The van der Waals surface area contributed by atoms with Crippen molar-refractivity contribution in [3.63, 3.8) is 0 Å². The van der Waals surface area contributed by atoms with Gasteiger partial charge in [-0.2, -0.15) is 0 Å². The van der Waals surface area contributed by atoms with E-state index < -0.39 is 30.3 Å². The van der Waals surface area contributed by atoms with Gasteiger partial charge in [0.05, 0.1) is 11.7 Å². The third kappa shape index (κ3) is 3.95. The van der Waals surface area contributed by atoms with Crippen LogP contribution in [0.25, 0.3) is 0 Å². The maximum absolute atomic E-state index is 13.5. The minimum absolute atomic E-state index is 0.181. The highest BCUT2D eigenvalue weighted by Crippen LogP contribution is 2.43. The number of carbonyl (C=O) groups is 4. The number of para-hydroxylation sites is 1. The molecule has 0 saturated carbocycles. The zero-order valence-electron chi connectivity index (χ0n) is 17.2. The SMILES string of the molecule is CCCCN1C(=O)C(=O)N(CC(=O)N2c3ccccc3SCC2c2ccccc2)C1=O. The van der Waals surface area contributed by atoms with Crippen LogP contribution in [0.15, 0.2) is 59.5 Å². The zero-order chi connectivity index (χ0) is 22.0. The Morgan fingerprint density at radius 2 is 1.65 bits per heavy atom. The number of imide groups is 2. The van der Waals surface area contributed by atoms with Crippen molar-refractivity contribution in [2.24, 2.45) is 0 Å². The number of carbonyl (C=O) groups excluding carboxylic acids is 4. The van der Waals surface area contributed by atoms with E-state index in [1.165, 1.54) is 0 Å². The van der Waals surface area contributed by atoms with Gasteiger partial charge in [-0.1, -0.05) is 55.8 Å². The first-order chi connectivity index (χ1) is 15.0. The van der Waals surface area contributed by atoms with Gasteiger partial charge in [-0.05, 0) is 24.1 Å². The number of benzene rings is 2. The van der Waals surface area contributed by atoms with Gasteiger partial charge in [0.15, 0.2) is 0 Å². The first kappa shape index (κ1) is 21.1. The number of amides is 5. The molecule has 2 aromatic carbocycles. The average Bonchev–Trinajstić information content (AvgIpc) is 3.00. The molecule has 8 heteroatoms. The molecular formula is C23H23N3O4S. The average molecular weight is 438 g/mol. The Morgan fingerprint density at radius 1 is 0.968 bits per heavy atom. The van der Waals surface area contributed by atoms with Crippen molar-refractivity contribution in [3.05, 3.63) is 60.2 Å². The molecule has 31 heavy (non-hydrogen) atoms. The molecule has 1 unspecified atom stereocenters. The van der Waals surface area contributed by atoms with Crippen LogP contribution in [0, 0.1) is 0 Å². The summed E-state index contributed by atoms with van der Waals surface area (Å²) in [5, 5.41) is 0. The summed E-state index contributed by atoms with van der Waals surface area (Å²) < 4.78 is 0. The first-order valence-electron chi connectivity index (χ1n) is 10.3. The van der Waals surface area contributed by atoms with Crippen LogP contribution in [0.1, 0.15) is 31.4 Å². The van der Waals surface area contributed by atoms with Gasteiger partial charge in [0.1, 0.15) is 6.54 Å². The highest BCUT2D eigenvalue weighted by atomic mass is 32.2. The van der Waals surface area contributed by atoms with Crippen LogP contribution < -0.4 is 4.90 Å². The lowest BCUT2D eigenvalue weighted by Crippen LogP contribution is -2.46. The van der Waals surface area contributed by atoms with Crippen molar-refractivity contribution in [1.82, 2.24) is 9.80 Å². The molecule has 1 atom stereocenters. The molecule has 2 heterocycles. The number of hydrogen-bond acceptors (Lipinski definition) is 5. The van der Waals surface area contributed by atoms with Gasteiger partial charge in [0, 0.05) is 17.2 Å². The summed E-state index contributed by atoms with van der Waals surface area (Å²) in [6.07, 6.45) is 1.39. The van der Waals surface area contributed by atoms with Gasteiger partial charge in [0.25, 0.3) is 0 Å². The van der Waals surface area contributed by atoms with Crippen molar-refractivity contribution in [3.8, 4) is 0 Å². The van der Waals surface area contributed by atoms with Crippen molar-refractivity contribution in [2.75, 3.05) is 23.7 Å². The Bertz CT molecular complexity index is 1030. The van der Waals surface area contributed by atoms with Crippen LogP contribution in [-0.2, 0) is 14.4 Å². The maximum Gasteiger partial charge on any atom is 0.334 e. The number of anilines is 1. The van der Waals surface area contributed by atoms with E-state index in [1.807, 2.05) is 61.5 Å². The van der Waals surface area contributed by atoms with Gasteiger partial charge in [0.2, 0.25) is 5.91 Å². The molecule has 4 rings (SSSR count). The van der Waals surface area contributed by atoms with Crippen molar-refractivity contribution in [1.29, 1.82) is 0 Å². The predicted molar refractivity (Wildman–Crippen MR) is 118 cm³/mol. The third-order valence-electron chi connectivity index (χ3n) is 5.45. The Morgan fingerprint density at radius 3 is 2.39 bits per heavy atom. The number of fused-ring (bicyclic) bond motifs is 1.